The molecule has 0 unspecified atom stereocenters. The molecule has 0 radical (unpaired) electrons. The van der Waals surface area contributed by atoms with Crippen molar-refractivity contribution in [2.75, 3.05) is 11.9 Å². The van der Waals surface area contributed by atoms with Crippen LogP contribution in [0.4, 0.5) is 5.95 Å². The van der Waals surface area contributed by atoms with Gasteiger partial charge in [-0.25, -0.2) is 9.48 Å². The number of furan rings is 1. The molecule has 3 rings (SSSR count). The number of carbonyl (C=O) groups is 1. The molecule has 8 heteroatoms. The maximum absolute atomic E-state index is 11.6. The minimum atomic E-state index is -0.328. The van der Waals surface area contributed by atoms with Gasteiger partial charge in [-0.05, 0) is 41.6 Å². The molecule has 8 nitrogen and oxygen atoms in total. The van der Waals surface area contributed by atoms with Crippen LogP contribution < -0.4 is 5.32 Å². The van der Waals surface area contributed by atoms with Gasteiger partial charge in [-0.3, -0.25) is 0 Å². The number of nitrogens with zero attached hydrogens (tertiary/aromatic N) is 4. The predicted molar refractivity (Wildman–Crippen MR) is 86.2 cm³/mol. The lowest BCUT2D eigenvalue weighted by Crippen LogP contribution is -2.04. The normalized spacial score (nSPS) is 10.6. The third kappa shape index (κ3) is 3.43. The number of aromatic nitrogens is 4. The van der Waals surface area contributed by atoms with Crippen LogP contribution in [-0.2, 0) is 18.3 Å². The molecule has 0 atom stereocenters. The summed E-state index contributed by atoms with van der Waals surface area (Å²) in [6, 6.07) is 10.9. The lowest BCUT2D eigenvalue weighted by molar-refractivity contribution is 0.0526. The van der Waals surface area contributed by atoms with Crippen molar-refractivity contribution in [3.63, 3.8) is 0 Å². The highest BCUT2D eigenvalue weighted by Gasteiger charge is 2.09. The number of tetrazole rings is 1. The number of benzene rings is 1. The molecular weight excluding hydrogens is 310 g/mol. The maximum Gasteiger partial charge on any atom is 0.338 e. The van der Waals surface area contributed by atoms with Crippen molar-refractivity contribution in [3.8, 4) is 11.3 Å². The molecule has 0 aliphatic rings. The number of rotatable bonds is 6. The zero-order valence-corrected chi connectivity index (χ0v) is 13.4. The van der Waals surface area contributed by atoms with Gasteiger partial charge in [0.1, 0.15) is 11.5 Å². The molecule has 0 aliphatic heterocycles. The van der Waals surface area contributed by atoms with E-state index in [0.717, 1.165) is 17.1 Å². The summed E-state index contributed by atoms with van der Waals surface area (Å²) in [5.74, 6) is 1.71. The van der Waals surface area contributed by atoms with Crippen molar-refractivity contribution in [1.82, 2.24) is 20.2 Å². The lowest BCUT2D eigenvalue weighted by Gasteiger charge is -2.03. The summed E-state index contributed by atoms with van der Waals surface area (Å²) in [5.41, 5.74) is 1.40. The standard InChI is InChI=1S/C16H17N5O3/c1-3-23-15(22)12-6-4-11(5-7-12)14-9-8-13(24-14)10-17-16-18-19-20-21(16)2/h4-9H,3,10H2,1-2H3,(H,17,18,20). The number of ether oxygens (including phenoxy) is 1. The molecule has 0 fully saturated rings. The molecule has 1 aromatic carbocycles. The first kappa shape index (κ1) is 15.7. The van der Waals surface area contributed by atoms with E-state index in [2.05, 4.69) is 20.8 Å². The van der Waals surface area contributed by atoms with Crippen molar-refractivity contribution < 1.29 is 13.9 Å². The Morgan fingerprint density at radius 1 is 1.25 bits per heavy atom. The fourth-order valence-corrected chi connectivity index (χ4v) is 2.16. The minimum Gasteiger partial charge on any atom is -0.462 e. The van der Waals surface area contributed by atoms with Crippen LogP contribution in [0, 0.1) is 0 Å². The highest BCUT2D eigenvalue weighted by molar-refractivity contribution is 5.89. The molecule has 0 saturated carbocycles. The summed E-state index contributed by atoms with van der Waals surface area (Å²) in [4.78, 5) is 11.6. The quantitative estimate of drug-likeness (QED) is 0.694. The van der Waals surface area contributed by atoms with Gasteiger partial charge in [0.05, 0.1) is 18.7 Å². The van der Waals surface area contributed by atoms with E-state index in [1.165, 1.54) is 4.68 Å². The van der Waals surface area contributed by atoms with Crippen LogP contribution in [0.5, 0.6) is 0 Å². The molecule has 0 aliphatic carbocycles. The molecule has 0 amide bonds. The van der Waals surface area contributed by atoms with Gasteiger partial charge in [0.25, 0.3) is 0 Å². The average molecular weight is 327 g/mol. The summed E-state index contributed by atoms with van der Waals surface area (Å²) < 4.78 is 12.3. The second-order valence-corrected chi connectivity index (χ2v) is 5.04. The van der Waals surface area contributed by atoms with Crippen LogP contribution in [0.1, 0.15) is 23.0 Å². The lowest BCUT2D eigenvalue weighted by atomic mass is 10.1. The molecule has 2 aromatic heterocycles. The van der Waals surface area contributed by atoms with Crippen molar-refractivity contribution >= 4 is 11.9 Å². The van der Waals surface area contributed by atoms with E-state index < -0.39 is 0 Å². The van der Waals surface area contributed by atoms with E-state index in [1.54, 1.807) is 26.1 Å². The Labute approximate surface area is 138 Å². The average Bonchev–Trinajstić information content (AvgIpc) is 3.22. The number of carbonyl (C=O) groups excluding carboxylic acids is 1. The Morgan fingerprint density at radius 3 is 2.71 bits per heavy atom. The molecule has 0 bridgehead atoms. The monoisotopic (exact) mass is 327 g/mol. The molecule has 0 saturated heterocycles. The third-order valence-corrected chi connectivity index (χ3v) is 3.38. The summed E-state index contributed by atoms with van der Waals surface area (Å²) >= 11 is 0. The molecule has 1 N–H and O–H groups in total. The zero-order valence-electron chi connectivity index (χ0n) is 13.4. The molecule has 3 aromatic rings. The maximum atomic E-state index is 11.6. The Balaban J connectivity index is 1.66. The smallest absolute Gasteiger partial charge is 0.338 e. The fourth-order valence-electron chi connectivity index (χ4n) is 2.16. The molecular formula is C16H17N5O3. The Bertz CT molecular complexity index is 822. The van der Waals surface area contributed by atoms with Crippen LogP contribution in [0.25, 0.3) is 11.3 Å². The van der Waals surface area contributed by atoms with Crippen LogP contribution in [0.3, 0.4) is 0 Å². The van der Waals surface area contributed by atoms with Gasteiger partial charge in [-0.1, -0.05) is 17.2 Å². The van der Waals surface area contributed by atoms with Crippen LogP contribution in [-0.4, -0.2) is 32.8 Å². The Kier molecular flexibility index (Phi) is 4.55. The SMILES string of the molecule is CCOC(=O)c1ccc(-c2ccc(CNc3nnnn3C)o2)cc1. The number of aryl methyl sites for hydroxylation is 1. The minimum absolute atomic E-state index is 0.328. The number of nitrogens with one attached hydrogen (secondary N) is 1. The number of hydrogen-bond acceptors (Lipinski definition) is 7. The van der Waals surface area contributed by atoms with Crippen molar-refractivity contribution in [1.29, 1.82) is 0 Å². The first-order valence-corrected chi connectivity index (χ1v) is 7.50. The number of anilines is 1. The van der Waals surface area contributed by atoms with Crippen molar-refractivity contribution in [3.05, 3.63) is 47.7 Å². The first-order valence-electron chi connectivity index (χ1n) is 7.50. The first-order chi connectivity index (χ1) is 11.7. The van der Waals surface area contributed by atoms with Gasteiger partial charge in [-0.2, -0.15) is 0 Å². The molecule has 124 valence electrons. The van der Waals surface area contributed by atoms with Crippen molar-refractivity contribution in [2.24, 2.45) is 7.05 Å². The van der Waals surface area contributed by atoms with E-state index in [0.29, 0.717) is 24.7 Å². The second kappa shape index (κ2) is 6.95. The number of hydrogen-bond donors (Lipinski definition) is 1. The van der Waals surface area contributed by atoms with E-state index in [4.69, 9.17) is 9.15 Å². The van der Waals surface area contributed by atoms with Crippen LogP contribution in [0.15, 0.2) is 40.8 Å². The van der Waals surface area contributed by atoms with Gasteiger partial charge in [-0.15, -0.1) is 0 Å². The van der Waals surface area contributed by atoms with Crippen molar-refractivity contribution in [2.45, 2.75) is 13.5 Å². The van der Waals surface area contributed by atoms with Gasteiger partial charge >= 0.3 is 5.97 Å². The van der Waals surface area contributed by atoms with Gasteiger partial charge in [0.15, 0.2) is 0 Å². The highest BCUT2D eigenvalue weighted by atomic mass is 16.5. The van der Waals surface area contributed by atoms with Gasteiger partial charge in [0, 0.05) is 12.6 Å². The van der Waals surface area contributed by atoms with E-state index >= 15 is 0 Å². The largest absolute Gasteiger partial charge is 0.462 e. The summed E-state index contributed by atoms with van der Waals surface area (Å²) in [5, 5.41) is 14.2. The number of esters is 1. The predicted octanol–water partition coefficient (Wildman–Crippen LogP) is 2.26. The Morgan fingerprint density at radius 2 is 2.04 bits per heavy atom. The zero-order chi connectivity index (χ0) is 16.9. The van der Waals surface area contributed by atoms with Crippen LogP contribution >= 0.6 is 0 Å². The molecule has 0 spiro atoms. The van der Waals surface area contributed by atoms with Gasteiger partial charge < -0.3 is 14.5 Å². The fraction of sp³-hybridized carbons (Fsp3) is 0.250. The highest BCUT2D eigenvalue weighted by Crippen LogP contribution is 2.23. The van der Waals surface area contributed by atoms with Crippen LogP contribution in [0.2, 0.25) is 0 Å². The molecule has 24 heavy (non-hydrogen) atoms. The molecule has 2 heterocycles. The third-order valence-electron chi connectivity index (χ3n) is 3.38. The summed E-state index contributed by atoms with van der Waals surface area (Å²) in [7, 11) is 1.75. The summed E-state index contributed by atoms with van der Waals surface area (Å²) in [6.45, 7) is 2.60. The summed E-state index contributed by atoms with van der Waals surface area (Å²) in [6.07, 6.45) is 0. The topological polar surface area (TPSA) is 95.1 Å². The second-order valence-electron chi connectivity index (χ2n) is 5.04. The van der Waals surface area contributed by atoms with E-state index in [9.17, 15) is 4.79 Å². The van der Waals surface area contributed by atoms with E-state index in [-0.39, 0.29) is 5.97 Å². The Hall–Kier alpha value is -3.16. The van der Waals surface area contributed by atoms with E-state index in [1.807, 2.05) is 24.3 Å². The van der Waals surface area contributed by atoms with Gasteiger partial charge in [0.2, 0.25) is 5.95 Å².